The van der Waals surface area contributed by atoms with E-state index in [1.165, 1.54) is 0 Å². The molecule has 5 nitrogen and oxygen atoms in total. The van der Waals surface area contributed by atoms with Gasteiger partial charge in [0.2, 0.25) is 0 Å². The number of hydrogen-bond acceptors (Lipinski definition) is 4. The van der Waals surface area contributed by atoms with E-state index in [0.29, 0.717) is 0 Å². The molecule has 1 N–H and O–H groups in total. The number of anilines is 1. The Morgan fingerprint density at radius 3 is 2.36 bits per heavy atom. The largest absolute Gasteiger partial charge is 0.433 e. The number of alkyl halides is 3. The zero-order valence-corrected chi connectivity index (χ0v) is 14.7. The normalized spacial score (nSPS) is 13.4. The maximum atomic E-state index is 12.9. The highest BCUT2D eigenvalue weighted by atomic mass is 19.4. The van der Waals surface area contributed by atoms with E-state index < -0.39 is 11.9 Å². The first kappa shape index (κ1) is 18.8. The smallest absolute Gasteiger partial charge is 0.362 e. The maximum absolute atomic E-state index is 12.9. The lowest BCUT2D eigenvalue weighted by Gasteiger charge is -2.19. The van der Waals surface area contributed by atoms with E-state index in [2.05, 4.69) is 15.4 Å². The van der Waals surface area contributed by atoms with Crippen LogP contribution >= 0.6 is 0 Å². The lowest BCUT2D eigenvalue weighted by atomic mass is 10.1. The molecule has 0 aliphatic rings. The van der Waals surface area contributed by atoms with Crippen LogP contribution in [0.5, 0.6) is 0 Å². The van der Waals surface area contributed by atoms with E-state index in [0.717, 1.165) is 23.4 Å². The summed E-state index contributed by atoms with van der Waals surface area (Å²) in [6, 6.07) is 3.42. The summed E-state index contributed by atoms with van der Waals surface area (Å²) >= 11 is 0. The summed E-state index contributed by atoms with van der Waals surface area (Å²) in [6.07, 6.45) is -2.71. The van der Waals surface area contributed by atoms with Gasteiger partial charge in [-0.15, -0.1) is 0 Å². The monoisotopic (exact) mass is 351 g/mol. The Morgan fingerprint density at radius 2 is 1.88 bits per heavy atom. The first-order valence-electron chi connectivity index (χ1n) is 7.75. The molecule has 1 atom stereocenters. The average Bonchev–Trinajstić information content (AvgIpc) is 2.88. The highest BCUT2D eigenvalue weighted by molar-refractivity contribution is 5.53. The molecular weight excluding hydrogens is 331 g/mol. The molecule has 0 amide bonds. The van der Waals surface area contributed by atoms with Crippen molar-refractivity contribution in [1.29, 1.82) is 5.26 Å². The molecule has 2 aromatic heterocycles. The first-order valence-corrected chi connectivity index (χ1v) is 7.75. The summed E-state index contributed by atoms with van der Waals surface area (Å²) in [7, 11) is 0. The summed E-state index contributed by atoms with van der Waals surface area (Å²) in [4.78, 5) is 3.58. The standard InChI is InChI=1S/C17H20F3N5/c1-10(13-9-25(16(3,4)5)24-11(13)2)22-15-12(8-21)6-7-14(23-15)17(18,19)20/h6-7,9-10H,1-5H3,(H,22,23). The van der Waals surface area contributed by atoms with Crippen molar-refractivity contribution in [2.75, 3.05) is 5.32 Å². The van der Waals surface area contributed by atoms with Gasteiger partial charge in [-0.2, -0.15) is 23.5 Å². The highest BCUT2D eigenvalue weighted by Crippen LogP contribution is 2.31. The van der Waals surface area contributed by atoms with Crippen molar-refractivity contribution in [2.24, 2.45) is 0 Å². The van der Waals surface area contributed by atoms with Gasteiger partial charge < -0.3 is 5.32 Å². The van der Waals surface area contributed by atoms with Gasteiger partial charge >= 0.3 is 6.18 Å². The Balaban J connectivity index is 2.36. The van der Waals surface area contributed by atoms with Gasteiger partial charge in [-0.05, 0) is 46.8 Å². The predicted molar refractivity (Wildman–Crippen MR) is 88.0 cm³/mol. The van der Waals surface area contributed by atoms with Crippen molar-refractivity contribution >= 4 is 5.82 Å². The zero-order chi connectivity index (χ0) is 19.0. The van der Waals surface area contributed by atoms with Gasteiger partial charge in [0.25, 0.3) is 0 Å². The fourth-order valence-electron chi connectivity index (χ4n) is 2.34. The number of rotatable bonds is 3. The van der Waals surface area contributed by atoms with Crippen LogP contribution in [0.25, 0.3) is 0 Å². The van der Waals surface area contributed by atoms with Crippen LogP contribution in [0.2, 0.25) is 0 Å². The third kappa shape index (κ3) is 4.10. The van der Waals surface area contributed by atoms with Crippen LogP contribution in [0, 0.1) is 18.3 Å². The molecule has 0 spiro atoms. The Kier molecular flexibility index (Phi) is 4.80. The van der Waals surface area contributed by atoms with Crippen LogP contribution in [0.1, 0.15) is 56.3 Å². The molecule has 0 radical (unpaired) electrons. The van der Waals surface area contributed by atoms with Crippen LogP contribution in [-0.4, -0.2) is 14.8 Å². The second kappa shape index (κ2) is 6.39. The average molecular weight is 351 g/mol. The lowest BCUT2D eigenvalue weighted by Crippen LogP contribution is -2.22. The van der Waals surface area contributed by atoms with Gasteiger partial charge in [0.05, 0.1) is 22.8 Å². The topological polar surface area (TPSA) is 66.5 Å². The van der Waals surface area contributed by atoms with Crippen LogP contribution in [0.3, 0.4) is 0 Å². The van der Waals surface area contributed by atoms with Gasteiger partial charge in [0, 0.05) is 11.8 Å². The maximum Gasteiger partial charge on any atom is 0.433 e. The van der Waals surface area contributed by atoms with Gasteiger partial charge in [-0.1, -0.05) is 0 Å². The molecule has 0 aliphatic heterocycles. The van der Waals surface area contributed by atoms with Crippen molar-refractivity contribution in [3.63, 3.8) is 0 Å². The third-order valence-electron chi connectivity index (χ3n) is 3.75. The van der Waals surface area contributed by atoms with Crippen molar-refractivity contribution in [1.82, 2.24) is 14.8 Å². The number of halogens is 3. The van der Waals surface area contributed by atoms with Crippen molar-refractivity contribution in [2.45, 2.75) is 52.4 Å². The zero-order valence-electron chi connectivity index (χ0n) is 14.7. The van der Waals surface area contributed by atoms with Crippen molar-refractivity contribution in [3.8, 4) is 6.07 Å². The SMILES string of the molecule is Cc1nn(C(C)(C)C)cc1C(C)Nc1nc(C(F)(F)F)ccc1C#N. The van der Waals surface area contributed by atoms with Gasteiger partial charge in [0.1, 0.15) is 17.6 Å². The van der Waals surface area contributed by atoms with E-state index in [1.807, 2.05) is 40.0 Å². The summed E-state index contributed by atoms with van der Waals surface area (Å²) in [5.41, 5.74) is 0.400. The van der Waals surface area contributed by atoms with E-state index in [4.69, 9.17) is 5.26 Å². The van der Waals surface area contributed by atoms with Gasteiger partial charge in [0.15, 0.2) is 0 Å². The molecule has 0 aliphatic carbocycles. The lowest BCUT2D eigenvalue weighted by molar-refractivity contribution is -0.141. The number of nitrogens with zero attached hydrogens (tertiary/aromatic N) is 4. The second-order valence-corrected chi connectivity index (χ2v) is 6.85. The molecule has 0 fully saturated rings. The van der Waals surface area contributed by atoms with E-state index in [-0.39, 0.29) is 23.0 Å². The Morgan fingerprint density at radius 1 is 1.24 bits per heavy atom. The molecule has 0 aromatic carbocycles. The van der Waals surface area contributed by atoms with E-state index in [9.17, 15) is 13.2 Å². The molecule has 25 heavy (non-hydrogen) atoms. The highest BCUT2D eigenvalue weighted by Gasteiger charge is 2.33. The first-order chi connectivity index (χ1) is 11.4. The molecule has 0 saturated heterocycles. The fraction of sp³-hybridized carbons (Fsp3) is 0.471. The third-order valence-corrected chi connectivity index (χ3v) is 3.75. The molecule has 1 unspecified atom stereocenters. The van der Waals surface area contributed by atoms with E-state index >= 15 is 0 Å². The minimum Gasteiger partial charge on any atom is -0.362 e. The number of aryl methyl sites for hydroxylation is 1. The predicted octanol–water partition coefficient (Wildman–Crippen LogP) is 4.41. The Hall–Kier alpha value is -2.56. The molecule has 2 heterocycles. The van der Waals surface area contributed by atoms with Gasteiger partial charge in [-0.25, -0.2) is 4.98 Å². The summed E-state index contributed by atoms with van der Waals surface area (Å²) in [5, 5.41) is 16.5. The van der Waals surface area contributed by atoms with Crippen molar-refractivity contribution in [3.05, 3.63) is 40.8 Å². The minimum atomic E-state index is -4.57. The molecule has 2 rings (SSSR count). The second-order valence-electron chi connectivity index (χ2n) is 6.85. The Bertz CT molecular complexity index is 809. The van der Waals surface area contributed by atoms with Crippen LogP contribution in [0.15, 0.2) is 18.3 Å². The number of hydrogen-bond donors (Lipinski definition) is 1. The summed E-state index contributed by atoms with van der Waals surface area (Å²) < 4.78 is 40.4. The Labute approximate surface area is 144 Å². The molecule has 0 saturated carbocycles. The minimum absolute atomic E-state index is 0.0562. The number of pyridine rings is 1. The molecular formula is C17H20F3N5. The van der Waals surface area contributed by atoms with Crippen molar-refractivity contribution < 1.29 is 13.2 Å². The molecule has 134 valence electrons. The van der Waals surface area contributed by atoms with E-state index in [1.54, 1.807) is 11.6 Å². The number of nitrogens with one attached hydrogen (secondary N) is 1. The van der Waals surface area contributed by atoms with Crippen LogP contribution < -0.4 is 5.32 Å². The summed E-state index contributed by atoms with van der Waals surface area (Å²) in [5.74, 6) is -0.0901. The quantitative estimate of drug-likeness (QED) is 0.890. The van der Waals surface area contributed by atoms with Crippen LogP contribution in [0.4, 0.5) is 19.0 Å². The fourth-order valence-corrected chi connectivity index (χ4v) is 2.34. The molecule has 2 aromatic rings. The summed E-state index contributed by atoms with van der Waals surface area (Å²) in [6.45, 7) is 9.64. The molecule has 8 heteroatoms. The number of nitriles is 1. The van der Waals surface area contributed by atoms with Crippen LogP contribution in [-0.2, 0) is 11.7 Å². The molecule has 0 bridgehead atoms. The number of aromatic nitrogens is 3. The van der Waals surface area contributed by atoms with Gasteiger partial charge in [-0.3, -0.25) is 4.68 Å².